The van der Waals surface area contributed by atoms with Gasteiger partial charge in [-0.1, -0.05) is 25.1 Å². The van der Waals surface area contributed by atoms with Crippen LogP contribution in [0.5, 0.6) is 0 Å². The summed E-state index contributed by atoms with van der Waals surface area (Å²) in [7, 11) is 0. The molecule has 19 heavy (non-hydrogen) atoms. The van der Waals surface area contributed by atoms with Crippen molar-refractivity contribution >= 4 is 11.6 Å². The van der Waals surface area contributed by atoms with Crippen LogP contribution in [0.25, 0.3) is 0 Å². The predicted molar refractivity (Wildman–Crippen MR) is 69.2 cm³/mol. The van der Waals surface area contributed by atoms with E-state index in [1.165, 1.54) is 11.0 Å². The smallest absolute Gasteiger partial charge is 0.303 e. The molecule has 4 heteroatoms. The summed E-state index contributed by atoms with van der Waals surface area (Å²) >= 11 is 0. The molecule has 102 valence electrons. The van der Waals surface area contributed by atoms with Crippen LogP contribution in [0.15, 0.2) is 24.3 Å². The molecule has 1 aliphatic heterocycles. The standard InChI is InChI=1S/C15H17F2NO/c1-10-6-8-11(9-7-10)18-13-5-3-2-4-12(13)15(16,17)14(18)19/h2-5,10-11H,6-9H2,1H3. The van der Waals surface area contributed by atoms with Crippen LogP contribution in [-0.2, 0) is 10.7 Å². The lowest BCUT2D eigenvalue weighted by Gasteiger charge is -2.33. The van der Waals surface area contributed by atoms with Gasteiger partial charge >= 0.3 is 11.8 Å². The van der Waals surface area contributed by atoms with Crippen LogP contribution in [0.1, 0.15) is 38.2 Å². The second-order valence-electron chi connectivity index (χ2n) is 5.68. The molecular formula is C15H17F2NO. The van der Waals surface area contributed by atoms with E-state index in [0.717, 1.165) is 25.7 Å². The summed E-state index contributed by atoms with van der Waals surface area (Å²) in [6.07, 6.45) is 3.64. The van der Waals surface area contributed by atoms with Crippen LogP contribution in [-0.4, -0.2) is 11.9 Å². The van der Waals surface area contributed by atoms with Crippen molar-refractivity contribution in [3.8, 4) is 0 Å². The van der Waals surface area contributed by atoms with Crippen molar-refractivity contribution in [1.29, 1.82) is 0 Å². The maximum absolute atomic E-state index is 14.0. The van der Waals surface area contributed by atoms with Crippen molar-refractivity contribution in [1.82, 2.24) is 0 Å². The SMILES string of the molecule is CC1CCC(N2C(=O)C(F)(F)c3ccccc32)CC1. The number of para-hydroxylation sites is 1. The van der Waals surface area contributed by atoms with Gasteiger partial charge in [-0.25, -0.2) is 0 Å². The fraction of sp³-hybridized carbons (Fsp3) is 0.533. The molecule has 0 radical (unpaired) electrons. The fourth-order valence-corrected chi connectivity index (χ4v) is 3.19. The van der Waals surface area contributed by atoms with Gasteiger partial charge in [-0.05, 0) is 37.7 Å². The normalized spacial score (nSPS) is 29.4. The molecule has 0 bridgehead atoms. The summed E-state index contributed by atoms with van der Waals surface area (Å²) < 4.78 is 28.0. The lowest BCUT2D eigenvalue weighted by atomic mass is 9.86. The highest BCUT2D eigenvalue weighted by atomic mass is 19.3. The molecule has 2 aliphatic rings. The number of fused-ring (bicyclic) bond motifs is 1. The van der Waals surface area contributed by atoms with Crippen LogP contribution in [0.3, 0.4) is 0 Å². The molecule has 1 aromatic rings. The number of anilines is 1. The third-order valence-electron chi connectivity index (χ3n) is 4.34. The van der Waals surface area contributed by atoms with Gasteiger partial charge < -0.3 is 4.90 Å². The van der Waals surface area contributed by atoms with Gasteiger partial charge in [0.15, 0.2) is 0 Å². The van der Waals surface area contributed by atoms with Crippen LogP contribution in [0.2, 0.25) is 0 Å². The zero-order chi connectivity index (χ0) is 13.6. The van der Waals surface area contributed by atoms with Crippen molar-refractivity contribution in [3.05, 3.63) is 29.8 Å². The minimum absolute atomic E-state index is 0.0711. The van der Waals surface area contributed by atoms with Gasteiger partial charge in [-0.15, -0.1) is 0 Å². The Balaban J connectivity index is 1.97. The molecule has 0 N–H and O–H groups in total. The Hall–Kier alpha value is -1.45. The minimum atomic E-state index is -3.36. The fourth-order valence-electron chi connectivity index (χ4n) is 3.19. The van der Waals surface area contributed by atoms with Crippen molar-refractivity contribution in [2.75, 3.05) is 4.90 Å². The number of hydrogen-bond donors (Lipinski definition) is 0. The number of benzene rings is 1. The average molecular weight is 265 g/mol. The Morgan fingerprint density at radius 1 is 1.16 bits per heavy atom. The lowest BCUT2D eigenvalue weighted by molar-refractivity contribution is -0.142. The molecule has 2 nitrogen and oxygen atoms in total. The van der Waals surface area contributed by atoms with Gasteiger partial charge in [0.25, 0.3) is 0 Å². The first kappa shape index (κ1) is 12.6. The number of alkyl halides is 2. The van der Waals surface area contributed by atoms with E-state index in [4.69, 9.17) is 0 Å². The zero-order valence-corrected chi connectivity index (χ0v) is 10.9. The highest BCUT2D eigenvalue weighted by Gasteiger charge is 2.54. The molecule has 0 atom stereocenters. The molecule has 1 aromatic carbocycles. The maximum atomic E-state index is 14.0. The summed E-state index contributed by atoms with van der Waals surface area (Å²) in [5, 5.41) is 0. The zero-order valence-electron chi connectivity index (χ0n) is 10.9. The van der Waals surface area contributed by atoms with Gasteiger partial charge in [0, 0.05) is 6.04 Å². The Kier molecular flexibility index (Phi) is 2.84. The number of hydrogen-bond acceptors (Lipinski definition) is 1. The molecule has 1 heterocycles. The van der Waals surface area contributed by atoms with Gasteiger partial charge in [0.2, 0.25) is 0 Å². The van der Waals surface area contributed by atoms with Crippen LogP contribution in [0.4, 0.5) is 14.5 Å². The summed E-state index contributed by atoms with van der Waals surface area (Å²) in [5.74, 6) is -3.78. The molecule has 1 fully saturated rings. The molecule has 3 rings (SSSR count). The molecule has 0 spiro atoms. The monoisotopic (exact) mass is 265 g/mol. The Morgan fingerprint density at radius 3 is 2.47 bits per heavy atom. The summed E-state index contributed by atoms with van der Waals surface area (Å²) in [6.45, 7) is 2.17. The second-order valence-corrected chi connectivity index (χ2v) is 5.68. The number of rotatable bonds is 1. The molecule has 0 unspecified atom stereocenters. The molecule has 1 saturated carbocycles. The maximum Gasteiger partial charge on any atom is 0.352 e. The first-order valence-corrected chi connectivity index (χ1v) is 6.83. The largest absolute Gasteiger partial charge is 0.352 e. The topological polar surface area (TPSA) is 20.3 Å². The first-order chi connectivity index (χ1) is 9.01. The number of halogens is 2. The van der Waals surface area contributed by atoms with E-state index in [2.05, 4.69) is 6.92 Å². The third-order valence-corrected chi connectivity index (χ3v) is 4.34. The third kappa shape index (κ3) is 1.85. The molecule has 1 amide bonds. The molecule has 0 aromatic heterocycles. The lowest BCUT2D eigenvalue weighted by Crippen LogP contribution is -2.43. The van der Waals surface area contributed by atoms with E-state index in [1.807, 2.05) is 0 Å². The van der Waals surface area contributed by atoms with E-state index in [1.54, 1.807) is 18.2 Å². The Labute approximate surface area is 111 Å². The Morgan fingerprint density at radius 2 is 1.79 bits per heavy atom. The Bertz CT molecular complexity index is 507. The molecule has 0 saturated heterocycles. The minimum Gasteiger partial charge on any atom is -0.303 e. The molecule has 1 aliphatic carbocycles. The van der Waals surface area contributed by atoms with Gasteiger partial charge in [0.05, 0.1) is 11.3 Å². The highest BCUT2D eigenvalue weighted by molar-refractivity contribution is 6.06. The van der Waals surface area contributed by atoms with Crippen molar-refractivity contribution < 1.29 is 13.6 Å². The highest BCUT2D eigenvalue weighted by Crippen LogP contribution is 2.46. The predicted octanol–water partition coefficient (Wildman–Crippen LogP) is 3.70. The van der Waals surface area contributed by atoms with Crippen molar-refractivity contribution in [3.63, 3.8) is 0 Å². The first-order valence-electron chi connectivity index (χ1n) is 6.83. The van der Waals surface area contributed by atoms with E-state index < -0.39 is 11.8 Å². The number of amides is 1. The van der Waals surface area contributed by atoms with Gasteiger partial charge in [-0.2, -0.15) is 8.78 Å². The number of carbonyl (C=O) groups is 1. The summed E-state index contributed by atoms with van der Waals surface area (Å²) in [4.78, 5) is 13.4. The average Bonchev–Trinajstić information content (AvgIpc) is 2.60. The van der Waals surface area contributed by atoms with E-state index in [9.17, 15) is 13.6 Å². The van der Waals surface area contributed by atoms with E-state index in [0.29, 0.717) is 11.6 Å². The van der Waals surface area contributed by atoms with Crippen LogP contribution < -0.4 is 4.90 Å². The van der Waals surface area contributed by atoms with Crippen LogP contribution >= 0.6 is 0 Å². The van der Waals surface area contributed by atoms with Crippen molar-refractivity contribution in [2.24, 2.45) is 5.92 Å². The van der Waals surface area contributed by atoms with E-state index in [-0.39, 0.29) is 11.6 Å². The summed E-state index contributed by atoms with van der Waals surface area (Å²) in [6, 6.07) is 6.20. The van der Waals surface area contributed by atoms with Crippen molar-refractivity contribution in [2.45, 2.75) is 44.6 Å². The number of nitrogens with zero attached hydrogens (tertiary/aromatic N) is 1. The van der Waals surface area contributed by atoms with Gasteiger partial charge in [-0.3, -0.25) is 4.79 Å². The molecular weight excluding hydrogens is 248 g/mol. The number of carbonyl (C=O) groups excluding carboxylic acids is 1. The van der Waals surface area contributed by atoms with Gasteiger partial charge in [0.1, 0.15) is 0 Å². The van der Waals surface area contributed by atoms with Crippen LogP contribution in [0, 0.1) is 5.92 Å². The summed E-state index contributed by atoms with van der Waals surface area (Å²) in [5.41, 5.74) is 0.260. The second kappa shape index (κ2) is 4.29. The quantitative estimate of drug-likeness (QED) is 0.758. The van der Waals surface area contributed by atoms with E-state index >= 15 is 0 Å².